The molecule has 3 aromatic rings. The number of carbonyl (C=O) groups is 1. The number of nitro groups is 1. The number of H-pyrrole nitrogens is 1. The number of aromatic amines is 1. The smallest absolute Gasteiger partial charge is 0.291 e. The topological polar surface area (TPSA) is 126 Å². The molecule has 2 heterocycles. The molecule has 0 saturated heterocycles. The normalized spacial score (nSPS) is 10.9. The zero-order valence-electron chi connectivity index (χ0n) is 13.1. The highest BCUT2D eigenvalue weighted by Crippen LogP contribution is 2.20. The van der Waals surface area contributed by atoms with Crippen LogP contribution in [0.25, 0.3) is 11.5 Å². The summed E-state index contributed by atoms with van der Waals surface area (Å²) in [5.41, 5.74) is 3.46. The standard InChI is InChI=1S/C16H13N5O4/c1-10-5-6-15(25-10)13-8-14(19-18-13)16(22)20-17-9-11-3-2-4-12(7-11)21(23)24/h2-9H,1H3,(H,18,19)(H,20,22). The third-order valence-electron chi connectivity index (χ3n) is 3.28. The fourth-order valence-corrected chi connectivity index (χ4v) is 2.08. The van der Waals surface area contributed by atoms with E-state index in [1.54, 1.807) is 18.2 Å². The van der Waals surface area contributed by atoms with Gasteiger partial charge in [-0.2, -0.15) is 10.2 Å². The Kier molecular flexibility index (Phi) is 4.38. The molecule has 2 aromatic heterocycles. The van der Waals surface area contributed by atoms with E-state index in [0.29, 0.717) is 17.0 Å². The Morgan fingerprint density at radius 1 is 1.36 bits per heavy atom. The van der Waals surface area contributed by atoms with E-state index in [1.807, 2.05) is 6.92 Å². The van der Waals surface area contributed by atoms with Crippen LogP contribution in [0.5, 0.6) is 0 Å². The lowest BCUT2D eigenvalue weighted by atomic mass is 10.2. The van der Waals surface area contributed by atoms with Gasteiger partial charge < -0.3 is 4.42 Å². The summed E-state index contributed by atoms with van der Waals surface area (Å²) in [5.74, 6) is 0.800. The number of non-ortho nitro benzene ring substituents is 1. The van der Waals surface area contributed by atoms with E-state index in [9.17, 15) is 14.9 Å². The number of amides is 1. The molecule has 0 bridgehead atoms. The highest BCUT2D eigenvalue weighted by molar-refractivity contribution is 5.94. The molecule has 0 aliphatic rings. The van der Waals surface area contributed by atoms with Crippen LogP contribution in [0, 0.1) is 17.0 Å². The van der Waals surface area contributed by atoms with Crippen LogP contribution in [0.15, 0.2) is 52.0 Å². The average molecular weight is 339 g/mol. The van der Waals surface area contributed by atoms with Crippen molar-refractivity contribution in [2.75, 3.05) is 0 Å². The van der Waals surface area contributed by atoms with Gasteiger partial charge in [-0.05, 0) is 19.1 Å². The second kappa shape index (κ2) is 6.79. The Morgan fingerprint density at radius 3 is 2.92 bits per heavy atom. The third kappa shape index (κ3) is 3.78. The van der Waals surface area contributed by atoms with Gasteiger partial charge in [0.05, 0.1) is 11.1 Å². The molecule has 9 heteroatoms. The van der Waals surface area contributed by atoms with Crippen LogP contribution >= 0.6 is 0 Å². The molecule has 25 heavy (non-hydrogen) atoms. The number of nitro benzene ring substituents is 1. The van der Waals surface area contributed by atoms with Crippen LogP contribution in [0.1, 0.15) is 21.8 Å². The number of hydrogen-bond donors (Lipinski definition) is 2. The molecular weight excluding hydrogens is 326 g/mol. The van der Waals surface area contributed by atoms with Gasteiger partial charge in [0.1, 0.15) is 11.5 Å². The monoisotopic (exact) mass is 339 g/mol. The van der Waals surface area contributed by atoms with E-state index < -0.39 is 10.8 Å². The fraction of sp³-hybridized carbons (Fsp3) is 0.0625. The number of rotatable bonds is 5. The summed E-state index contributed by atoms with van der Waals surface area (Å²) >= 11 is 0. The molecule has 0 unspecified atom stereocenters. The van der Waals surface area contributed by atoms with Crippen molar-refractivity contribution in [3.8, 4) is 11.5 Å². The summed E-state index contributed by atoms with van der Waals surface area (Å²) in [4.78, 5) is 22.2. The van der Waals surface area contributed by atoms with Crippen LogP contribution in [0.3, 0.4) is 0 Å². The van der Waals surface area contributed by atoms with Crippen LogP contribution in [-0.2, 0) is 0 Å². The van der Waals surface area contributed by atoms with Gasteiger partial charge >= 0.3 is 0 Å². The van der Waals surface area contributed by atoms with E-state index >= 15 is 0 Å². The number of hydrazone groups is 1. The first-order valence-electron chi connectivity index (χ1n) is 7.23. The molecule has 0 aliphatic heterocycles. The zero-order valence-corrected chi connectivity index (χ0v) is 13.1. The molecule has 1 aromatic carbocycles. The predicted octanol–water partition coefficient (Wildman–Crippen LogP) is 2.65. The maximum atomic E-state index is 12.0. The zero-order chi connectivity index (χ0) is 17.8. The Labute approximate surface area is 141 Å². The first kappa shape index (κ1) is 16.1. The molecule has 0 spiro atoms. The molecule has 3 rings (SSSR count). The van der Waals surface area contributed by atoms with Gasteiger partial charge in [-0.25, -0.2) is 5.43 Å². The third-order valence-corrected chi connectivity index (χ3v) is 3.28. The lowest BCUT2D eigenvalue weighted by Gasteiger charge is -1.96. The summed E-state index contributed by atoms with van der Waals surface area (Å²) in [6.45, 7) is 1.82. The van der Waals surface area contributed by atoms with Crippen molar-refractivity contribution in [3.63, 3.8) is 0 Å². The number of carbonyl (C=O) groups excluding carboxylic acids is 1. The van der Waals surface area contributed by atoms with Gasteiger partial charge in [-0.3, -0.25) is 20.0 Å². The van der Waals surface area contributed by atoms with Gasteiger partial charge in [-0.15, -0.1) is 0 Å². The minimum Gasteiger partial charge on any atom is -0.460 e. The summed E-state index contributed by atoms with van der Waals surface area (Å²) in [7, 11) is 0. The van der Waals surface area contributed by atoms with Crippen molar-refractivity contribution in [2.24, 2.45) is 5.10 Å². The number of benzene rings is 1. The lowest BCUT2D eigenvalue weighted by Crippen LogP contribution is -2.18. The van der Waals surface area contributed by atoms with E-state index in [2.05, 4.69) is 20.7 Å². The number of furan rings is 1. The predicted molar refractivity (Wildman–Crippen MR) is 89.2 cm³/mol. The summed E-state index contributed by atoms with van der Waals surface area (Å²) < 4.78 is 5.44. The quantitative estimate of drug-likeness (QED) is 0.420. The number of nitrogens with zero attached hydrogens (tertiary/aromatic N) is 3. The van der Waals surface area contributed by atoms with Crippen LogP contribution in [0.4, 0.5) is 5.69 Å². The van der Waals surface area contributed by atoms with Gasteiger partial charge in [0.25, 0.3) is 11.6 Å². The Hall–Kier alpha value is -3.75. The average Bonchev–Trinajstić information content (AvgIpc) is 3.24. The highest BCUT2D eigenvalue weighted by Gasteiger charge is 2.12. The van der Waals surface area contributed by atoms with Crippen LogP contribution in [-0.4, -0.2) is 27.2 Å². The Bertz CT molecular complexity index is 957. The van der Waals surface area contributed by atoms with E-state index in [4.69, 9.17) is 4.42 Å². The maximum absolute atomic E-state index is 12.0. The molecule has 2 N–H and O–H groups in total. The molecule has 0 atom stereocenters. The molecule has 0 radical (unpaired) electrons. The van der Waals surface area contributed by atoms with Crippen molar-refractivity contribution < 1.29 is 14.1 Å². The van der Waals surface area contributed by atoms with E-state index in [1.165, 1.54) is 30.5 Å². The van der Waals surface area contributed by atoms with Crippen LogP contribution in [0.2, 0.25) is 0 Å². The number of nitrogens with one attached hydrogen (secondary N) is 2. The largest absolute Gasteiger partial charge is 0.460 e. The van der Waals surface area contributed by atoms with E-state index in [0.717, 1.165) is 5.76 Å². The molecule has 1 amide bonds. The van der Waals surface area contributed by atoms with Crippen molar-refractivity contribution in [2.45, 2.75) is 6.92 Å². The van der Waals surface area contributed by atoms with Gasteiger partial charge in [0.15, 0.2) is 11.5 Å². The maximum Gasteiger partial charge on any atom is 0.291 e. The van der Waals surface area contributed by atoms with Crippen molar-refractivity contribution in [1.29, 1.82) is 0 Å². The molecule has 0 aliphatic carbocycles. The van der Waals surface area contributed by atoms with Crippen LogP contribution < -0.4 is 5.43 Å². The molecule has 0 saturated carbocycles. The van der Waals surface area contributed by atoms with Crippen molar-refractivity contribution in [3.05, 3.63) is 69.6 Å². The Balaban J connectivity index is 1.66. The second-order valence-corrected chi connectivity index (χ2v) is 5.13. The lowest BCUT2D eigenvalue weighted by molar-refractivity contribution is -0.384. The highest BCUT2D eigenvalue weighted by atomic mass is 16.6. The summed E-state index contributed by atoms with van der Waals surface area (Å²) in [6, 6.07) is 11.0. The minimum absolute atomic E-state index is 0.0547. The number of hydrogen-bond acceptors (Lipinski definition) is 6. The Morgan fingerprint density at radius 2 is 2.20 bits per heavy atom. The molecule has 9 nitrogen and oxygen atoms in total. The SMILES string of the molecule is Cc1ccc(-c2cc(C(=O)NN=Cc3cccc([N+](=O)[O-])c3)n[nH]2)o1. The van der Waals surface area contributed by atoms with Gasteiger partial charge in [-0.1, -0.05) is 12.1 Å². The summed E-state index contributed by atoms with van der Waals surface area (Å²) in [6.07, 6.45) is 1.31. The number of aromatic nitrogens is 2. The fourth-order valence-electron chi connectivity index (χ4n) is 2.08. The van der Waals surface area contributed by atoms with Crippen molar-refractivity contribution >= 4 is 17.8 Å². The molecule has 126 valence electrons. The van der Waals surface area contributed by atoms with E-state index in [-0.39, 0.29) is 11.4 Å². The van der Waals surface area contributed by atoms with Crippen molar-refractivity contribution in [1.82, 2.24) is 15.6 Å². The second-order valence-electron chi connectivity index (χ2n) is 5.13. The molecular formula is C16H13N5O4. The van der Waals surface area contributed by atoms with Gasteiger partial charge in [0.2, 0.25) is 0 Å². The van der Waals surface area contributed by atoms with Gasteiger partial charge in [0, 0.05) is 23.8 Å². The summed E-state index contributed by atoms with van der Waals surface area (Å²) in [5, 5.41) is 21.1. The first-order valence-corrected chi connectivity index (χ1v) is 7.23. The minimum atomic E-state index is -0.521. The molecule has 0 fully saturated rings. The number of aryl methyl sites for hydroxylation is 1. The first-order chi connectivity index (χ1) is 12.0.